The summed E-state index contributed by atoms with van der Waals surface area (Å²) < 4.78 is 5.57. The number of rotatable bonds is 8. The molecule has 4 fully saturated rings. The van der Waals surface area contributed by atoms with Crippen LogP contribution in [0, 0.1) is 29.6 Å². The summed E-state index contributed by atoms with van der Waals surface area (Å²) in [5.74, 6) is 5.46. The maximum absolute atomic E-state index is 12.0. The van der Waals surface area contributed by atoms with Gasteiger partial charge in [-0.1, -0.05) is 18.2 Å². The minimum absolute atomic E-state index is 0.200. The molecule has 0 spiro atoms. The zero-order chi connectivity index (χ0) is 18.8. The summed E-state index contributed by atoms with van der Waals surface area (Å²) in [6, 6.07) is 7.93. The first-order chi connectivity index (χ1) is 13.1. The lowest BCUT2D eigenvalue weighted by atomic mass is 9.52. The summed E-state index contributed by atoms with van der Waals surface area (Å²) in [6.45, 7) is 2.42. The van der Waals surface area contributed by atoms with E-state index in [1.54, 1.807) is 0 Å². The molecular weight excluding hydrogens is 336 g/mol. The smallest absolute Gasteiger partial charge is 0.325 e. The number of benzene rings is 1. The molecule has 0 saturated heterocycles. The van der Waals surface area contributed by atoms with Crippen LogP contribution in [0.3, 0.4) is 0 Å². The Hall–Kier alpha value is -1.39. The minimum atomic E-state index is -0.200. The Morgan fingerprint density at radius 3 is 2.41 bits per heavy atom. The van der Waals surface area contributed by atoms with E-state index in [-0.39, 0.29) is 5.97 Å². The maximum Gasteiger partial charge on any atom is 0.325 e. The van der Waals surface area contributed by atoms with E-state index in [0.717, 1.165) is 54.7 Å². The van der Waals surface area contributed by atoms with Crippen molar-refractivity contribution in [3.05, 3.63) is 29.8 Å². The largest absolute Gasteiger partial charge is 0.425 e. The molecule has 4 bridgehead atoms. The van der Waals surface area contributed by atoms with E-state index in [1.807, 2.05) is 37.2 Å². The molecule has 0 heterocycles. The Kier molecular flexibility index (Phi) is 5.84. The topological polar surface area (TPSA) is 41.6 Å². The second kappa shape index (κ2) is 8.32. The zero-order valence-corrected chi connectivity index (χ0v) is 16.8. The van der Waals surface area contributed by atoms with E-state index in [4.69, 9.17) is 4.74 Å². The second-order valence-electron chi connectivity index (χ2n) is 9.37. The Morgan fingerprint density at radius 2 is 1.74 bits per heavy atom. The fourth-order valence-corrected chi connectivity index (χ4v) is 6.09. The van der Waals surface area contributed by atoms with Gasteiger partial charge in [-0.3, -0.25) is 9.69 Å². The SMILES string of the molecule is CN(C)CC(=O)Oc1ccccc1CCNCC1C2CC3CC(C2)CC1C3. The lowest BCUT2D eigenvalue weighted by molar-refractivity contribution is -0.135. The number of likely N-dealkylation sites (N-methyl/N-ethyl adjacent to an activating group) is 1. The first-order valence-electron chi connectivity index (χ1n) is 10.7. The van der Waals surface area contributed by atoms with Crippen LogP contribution in [-0.2, 0) is 11.2 Å². The standard InChI is InChI=1S/C23H34N2O2/c1-25(2)15-23(26)27-22-6-4-3-5-18(22)7-8-24-14-21-19-10-16-9-17(12-19)13-20(21)11-16/h3-6,16-17,19-21,24H,7-15H2,1-2H3. The molecule has 4 nitrogen and oxygen atoms in total. The molecule has 1 aromatic carbocycles. The Morgan fingerprint density at radius 1 is 1.07 bits per heavy atom. The predicted octanol–water partition coefficient (Wildman–Crippen LogP) is 3.36. The van der Waals surface area contributed by atoms with Crippen LogP contribution in [0.25, 0.3) is 0 Å². The molecule has 4 saturated carbocycles. The molecule has 0 amide bonds. The molecule has 4 aliphatic carbocycles. The third-order valence-electron chi connectivity index (χ3n) is 7.01. The van der Waals surface area contributed by atoms with Gasteiger partial charge >= 0.3 is 5.97 Å². The van der Waals surface area contributed by atoms with E-state index in [9.17, 15) is 4.79 Å². The summed E-state index contributed by atoms with van der Waals surface area (Å²) >= 11 is 0. The highest BCUT2D eigenvalue weighted by Crippen LogP contribution is 2.56. The molecule has 1 aromatic rings. The molecule has 27 heavy (non-hydrogen) atoms. The minimum Gasteiger partial charge on any atom is -0.425 e. The average molecular weight is 371 g/mol. The molecule has 0 atom stereocenters. The third kappa shape index (κ3) is 4.55. The molecule has 0 radical (unpaired) electrons. The van der Waals surface area contributed by atoms with Crippen LogP contribution in [0.5, 0.6) is 5.75 Å². The summed E-state index contributed by atoms with van der Waals surface area (Å²) in [5, 5.41) is 3.73. The maximum atomic E-state index is 12.0. The van der Waals surface area contributed by atoms with E-state index in [1.165, 1.54) is 32.1 Å². The van der Waals surface area contributed by atoms with E-state index in [0.29, 0.717) is 12.3 Å². The second-order valence-corrected chi connectivity index (χ2v) is 9.37. The summed E-state index contributed by atoms with van der Waals surface area (Å²) in [5.41, 5.74) is 1.11. The zero-order valence-electron chi connectivity index (χ0n) is 16.8. The van der Waals surface area contributed by atoms with Crippen molar-refractivity contribution in [2.75, 3.05) is 33.7 Å². The van der Waals surface area contributed by atoms with E-state index >= 15 is 0 Å². The van der Waals surface area contributed by atoms with Crippen molar-refractivity contribution in [1.29, 1.82) is 0 Å². The first-order valence-corrected chi connectivity index (χ1v) is 10.7. The van der Waals surface area contributed by atoms with Gasteiger partial charge in [-0.15, -0.1) is 0 Å². The first kappa shape index (κ1) is 18.9. The number of ether oxygens (including phenoxy) is 1. The molecule has 1 N–H and O–H groups in total. The van der Waals surface area contributed by atoms with Crippen molar-refractivity contribution in [3.63, 3.8) is 0 Å². The molecule has 0 aromatic heterocycles. The Labute approximate surface area is 163 Å². The monoisotopic (exact) mass is 370 g/mol. The van der Waals surface area contributed by atoms with Gasteiger partial charge in [0, 0.05) is 0 Å². The highest BCUT2D eigenvalue weighted by molar-refractivity contribution is 5.74. The number of carbonyl (C=O) groups excluding carboxylic acids is 1. The normalized spacial score (nSPS) is 31.4. The van der Waals surface area contributed by atoms with Crippen molar-refractivity contribution >= 4 is 5.97 Å². The van der Waals surface area contributed by atoms with Gasteiger partial charge < -0.3 is 10.1 Å². The van der Waals surface area contributed by atoms with Crippen LogP contribution in [-0.4, -0.2) is 44.6 Å². The van der Waals surface area contributed by atoms with Gasteiger partial charge in [0.25, 0.3) is 0 Å². The van der Waals surface area contributed by atoms with Gasteiger partial charge in [-0.05, 0) is 107 Å². The van der Waals surface area contributed by atoms with Gasteiger partial charge in [-0.25, -0.2) is 0 Å². The van der Waals surface area contributed by atoms with Crippen LogP contribution < -0.4 is 10.1 Å². The molecule has 4 aliphatic rings. The van der Waals surface area contributed by atoms with Gasteiger partial charge in [0.1, 0.15) is 5.75 Å². The quantitative estimate of drug-likeness (QED) is 0.433. The number of para-hydroxylation sites is 1. The predicted molar refractivity (Wildman–Crippen MR) is 108 cm³/mol. The van der Waals surface area contributed by atoms with Crippen LogP contribution in [0.4, 0.5) is 0 Å². The van der Waals surface area contributed by atoms with E-state index < -0.39 is 0 Å². The summed E-state index contributed by atoms with van der Waals surface area (Å²) in [4.78, 5) is 13.8. The van der Waals surface area contributed by atoms with Gasteiger partial charge in [0.2, 0.25) is 0 Å². The number of esters is 1. The number of hydrogen-bond acceptors (Lipinski definition) is 4. The number of hydrogen-bond donors (Lipinski definition) is 1. The van der Waals surface area contributed by atoms with Gasteiger partial charge in [0.05, 0.1) is 6.54 Å². The van der Waals surface area contributed by atoms with Crippen molar-refractivity contribution in [1.82, 2.24) is 10.2 Å². The highest BCUT2D eigenvalue weighted by atomic mass is 16.5. The van der Waals surface area contributed by atoms with E-state index in [2.05, 4.69) is 11.4 Å². The van der Waals surface area contributed by atoms with Crippen molar-refractivity contribution < 1.29 is 9.53 Å². The lowest BCUT2D eigenvalue weighted by Gasteiger charge is -2.54. The molecule has 148 valence electrons. The van der Waals surface area contributed by atoms with Crippen LogP contribution in [0.15, 0.2) is 24.3 Å². The van der Waals surface area contributed by atoms with Crippen molar-refractivity contribution in [2.24, 2.45) is 29.6 Å². The highest BCUT2D eigenvalue weighted by Gasteiger charge is 2.47. The fraction of sp³-hybridized carbons (Fsp3) is 0.696. The average Bonchev–Trinajstić information content (AvgIpc) is 2.60. The van der Waals surface area contributed by atoms with Gasteiger partial charge in [-0.2, -0.15) is 0 Å². The van der Waals surface area contributed by atoms with Gasteiger partial charge in [0.15, 0.2) is 0 Å². The third-order valence-corrected chi connectivity index (χ3v) is 7.01. The molecule has 0 aliphatic heterocycles. The molecule has 0 unspecified atom stereocenters. The summed E-state index contributed by atoms with van der Waals surface area (Å²) in [7, 11) is 3.75. The number of nitrogens with one attached hydrogen (secondary N) is 1. The van der Waals surface area contributed by atoms with Crippen LogP contribution >= 0.6 is 0 Å². The van der Waals surface area contributed by atoms with Crippen LogP contribution in [0.1, 0.15) is 37.7 Å². The number of nitrogens with zero attached hydrogens (tertiary/aromatic N) is 1. The summed E-state index contributed by atoms with van der Waals surface area (Å²) in [6.07, 6.45) is 8.39. The van der Waals surface area contributed by atoms with Crippen molar-refractivity contribution in [3.8, 4) is 5.75 Å². The number of carbonyl (C=O) groups is 1. The Balaban J connectivity index is 1.25. The molecule has 5 rings (SSSR count). The van der Waals surface area contributed by atoms with Crippen molar-refractivity contribution in [2.45, 2.75) is 38.5 Å². The van der Waals surface area contributed by atoms with Crippen LogP contribution in [0.2, 0.25) is 0 Å². The fourth-order valence-electron chi connectivity index (χ4n) is 6.09. The molecule has 4 heteroatoms. The Bertz CT molecular complexity index is 630. The lowest BCUT2D eigenvalue weighted by Crippen LogP contribution is -2.48. The molecular formula is C23H34N2O2.